The van der Waals surface area contributed by atoms with E-state index in [-0.39, 0.29) is 11.4 Å². The van der Waals surface area contributed by atoms with Crippen molar-refractivity contribution < 1.29 is 0 Å². The number of aromatic nitrogens is 3. The van der Waals surface area contributed by atoms with Crippen LogP contribution in [0.15, 0.2) is 94.9 Å². The second kappa shape index (κ2) is 10.5. The van der Waals surface area contributed by atoms with Gasteiger partial charge in [-0.2, -0.15) is 0 Å². The standard InChI is InChI=1S/C22H25N3O3/c1-7-12-16-19(15-10-4)25-21(27)23(17(6)11-5)20(26)24(22(25)28)18(13-8-2)14-9-3/h7-16H,1-2,4H2,3,5-6H3/b14-9-,16-12-,17-11+,18-13+,19-15+. The summed E-state index contributed by atoms with van der Waals surface area (Å²) in [7, 11) is 0. The highest BCUT2D eigenvalue weighted by atomic mass is 16.2. The lowest BCUT2D eigenvalue weighted by atomic mass is 10.3. The third-order valence-electron chi connectivity index (χ3n) is 3.75. The van der Waals surface area contributed by atoms with Crippen LogP contribution in [-0.2, 0) is 0 Å². The molecule has 1 heterocycles. The van der Waals surface area contributed by atoms with Gasteiger partial charge in [0.1, 0.15) is 0 Å². The van der Waals surface area contributed by atoms with E-state index in [1.54, 1.807) is 45.1 Å². The van der Waals surface area contributed by atoms with Crippen LogP contribution >= 0.6 is 0 Å². The lowest BCUT2D eigenvalue weighted by Gasteiger charge is -2.15. The molecule has 0 spiro atoms. The second-order valence-corrected chi connectivity index (χ2v) is 5.53. The van der Waals surface area contributed by atoms with E-state index in [9.17, 15) is 14.4 Å². The van der Waals surface area contributed by atoms with Crippen LogP contribution in [0.5, 0.6) is 0 Å². The van der Waals surface area contributed by atoms with Crippen molar-refractivity contribution in [1.29, 1.82) is 0 Å². The normalized spacial score (nSPS) is 13.3. The zero-order valence-electron chi connectivity index (χ0n) is 16.5. The van der Waals surface area contributed by atoms with Crippen molar-refractivity contribution in [1.82, 2.24) is 13.7 Å². The Hall–Kier alpha value is -3.67. The van der Waals surface area contributed by atoms with Crippen LogP contribution < -0.4 is 17.1 Å². The van der Waals surface area contributed by atoms with Crippen LogP contribution in [0.1, 0.15) is 20.8 Å². The van der Waals surface area contributed by atoms with Gasteiger partial charge < -0.3 is 0 Å². The summed E-state index contributed by atoms with van der Waals surface area (Å²) in [5.74, 6) is 0. The summed E-state index contributed by atoms with van der Waals surface area (Å²) < 4.78 is 2.78. The predicted molar refractivity (Wildman–Crippen MR) is 118 cm³/mol. The molecule has 0 aliphatic heterocycles. The van der Waals surface area contributed by atoms with E-state index in [4.69, 9.17) is 0 Å². The molecule has 0 saturated carbocycles. The summed E-state index contributed by atoms with van der Waals surface area (Å²) in [5.41, 5.74) is -1.43. The first kappa shape index (κ1) is 22.4. The molecule has 0 unspecified atom stereocenters. The molecule has 0 fully saturated rings. The van der Waals surface area contributed by atoms with E-state index in [1.807, 2.05) is 0 Å². The molecule has 1 rings (SSSR count). The van der Waals surface area contributed by atoms with Crippen molar-refractivity contribution in [3.63, 3.8) is 0 Å². The molecule has 6 heteroatoms. The van der Waals surface area contributed by atoms with Crippen molar-refractivity contribution in [2.45, 2.75) is 20.8 Å². The summed E-state index contributed by atoms with van der Waals surface area (Å²) in [6.07, 6.45) is 15.4. The smallest absolute Gasteiger partial charge is 0.247 e. The molecule has 0 amide bonds. The summed E-state index contributed by atoms with van der Waals surface area (Å²) >= 11 is 0. The van der Waals surface area contributed by atoms with E-state index in [0.717, 1.165) is 13.7 Å². The minimum absolute atomic E-state index is 0.245. The molecule has 0 saturated heterocycles. The maximum atomic E-state index is 13.2. The molecule has 146 valence electrons. The van der Waals surface area contributed by atoms with Gasteiger partial charge >= 0.3 is 17.1 Å². The van der Waals surface area contributed by atoms with Crippen LogP contribution in [-0.4, -0.2) is 13.7 Å². The maximum Gasteiger partial charge on any atom is 0.345 e. The number of hydrogen-bond donors (Lipinski definition) is 0. The van der Waals surface area contributed by atoms with E-state index in [0.29, 0.717) is 5.70 Å². The zero-order valence-corrected chi connectivity index (χ0v) is 16.5. The Kier molecular flexibility index (Phi) is 8.37. The van der Waals surface area contributed by atoms with Crippen LogP contribution in [0.4, 0.5) is 0 Å². The minimum Gasteiger partial charge on any atom is -0.247 e. The molecular formula is C22H25N3O3. The van der Waals surface area contributed by atoms with Gasteiger partial charge in [0.15, 0.2) is 0 Å². The Balaban J connectivity index is 4.31. The summed E-state index contributed by atoms with van der Waals surface area (Å²) in [4.78, 5) is 39.3. The van der Waals surface area contributed by atoms with Crippen molar-refractivity contribution >= 4 is 17.1 Å². The zero-order chi connectivity index (χ0) is 21.3. The number of nitrogens with zero attached hydrogens (tertiary/aromatic N) is 3. The van der Waals surface area contributed by atoms with E-state index in [1.165, 1.54) is 36.5 Å². The molecule has 0 aromatic carbocycles. The van der Waals surface area contributed by atoms with Crippen LogP contribution in [0.3, 0.4) is 0 Å². The van der Waals surface area contributed by atoms with Gasteiger partial charge in [-0.05, 0) is 45.1 Å². The molecule has 0 radical (unpaired) electrons. The molecule has 0 N–H and O–H groups in total. The Morgan fingerprint density at radius 2 is 1.21 bits per heavy atom. The van der Waals surface area contributed by atoms with Gasteiger partial charge in [0.25, 0.3) is 0 Å². The van der Waals surface area contributed by atoms with Gasteiger partial charge in [-0.1, -0.05) is 56.2 Å². The average Bonchev–Trinajstić information content (AvgIpc) is 2.66. The minimum atomic E-state index is -0.803. The Bertz CT molecular complexity index is 1100. The predicted octanol–water partition coefficient (Wildman–Crippen LogP) is 3.42. The van der Waals surface area contributed by atoms with Gasteiger partial charge in [0.2, 0.25) is 0 Å². The first-order valence-corrected chi connectivity index (χ1v) is 8.61. The largest absolute Gasteiger partial charge is 0.345 e. The molecular weight excluding hydrogens is 354 g/mol. The second-order valence-electron chi connectivity index (χ2n) is 5.53. The topological polar surface area (TPSA) is 66.0 Å². The lowest BCUT2D eigenvalue weighted by Crippen LogP contribution is -2.53. The highest BCUT2D eigenvalue weighted by molar-refractivity contribution is 5.62. The van der Waals surface area contributed by atoms with Gasteiger partial charge in [-0.15, -0.1) is 0 Å². The fourth-order valence-corrected chi connectivity index (χ4v) is 2.41. The van der Waals surface area contributed by atoms with E-state index < -0.39 is 17.1 Å². The van der Waals surface area contributed by atoms with Crippen LogP contribution in [0.2, 0.25) is 0 Å². The maximum absolute atomic E-state index is 13.2. The molecule has 0 aliphatic rings. The Morgan fingerprint density at radius 1 is 0.750 bits per heavy atom. The summed E-state index contributed by atoms with van der Waals surface area (Å²) in [5, 5.41) is 0. The van der Waals surface area contributed by atoms with Crippen LogP contribution in [0, 0.1) is 0 Å². The van der Waals surface area contributed by atoms with Crippen molar-refractivity contribution in [3.05, 3.63) is 112 Å². The van der Waals surface area contributed by atoms with Gasteiger partial charge in [0.05, 0.1) is 11.4 Å². The molecule has 0 bridgehead atoms. The number of rotatable bonds is 8. The number of allylic oxidation sites excluding steroid dienone is 13. The fraction of sp³-hybridized carbons (Fsp3) is 0.136. The molecule has 6 nitrogen and oxygen atoms in total. The SMILES string of the molecule is C=C/C=C\C(=C/C=C)n1c(=O)n(/C(C)=C/C)c(=O)n(C(/C=C\C)=C/C=C)c1=O. The third kappa shape index (κ3) is 4.54. The van der Waals surface area contributed by atoms with Gasteiger partial charge in [-0.25, -0.2) is 28.1 Å². The first-order valence-electron chi connectivity index (χ1n) is 8.61. The Morgan fingerprint density at radius 3 is 1.61 bits per heavy atom. The van der Waals surface area contributed by atoms with Crippen molar-refractivity contribution in [2.75, 3.05) is 0 Å². The van der Waals surface area contributed by atoms with Gasteiger partial charge in [-0.3, -0.25) is 0 Å². The van der Waals surface area contributed by atoms with Crippen molar-refractivity contribution in [3.8, 4) is 0 Å². The molecule has 28 heavy (non-hydrogen) atoms. The quantitative estimate of drug-likeness (QED) is 0.650. The third-order valence-corrected chi connectivity index (χ3v) is 3.75. The molecule has 1 aromatic heterocycles. The van der Waals surface area contributed by atoms with E-state index >= 15 is 0 Å². The average molecular weight is 379 g/mol. The first-order chi connectivity index (χ1) is 13.4. The molecule has 1 aromatic rings. The summed E-state index contributed by atoms with van der Waals surface area (Å²) in [6.45, 7) is 15.9. The van der Waals surface area contributed by atoms with Gasteiger partial charge in [0, 0.05) is 5.70 Å². The van der Waals surface area contributed by atoms with Crippen LogP contribution in [0.25, 0.3) is 17.1 Å². The van der Waals surface area contributed by atoms with E-state index in [2.05, 4.69) is 19.7 Å². The summed E-state index contributed by atoms with van der Waals surface area (Å²) in [6, 6.07) is 0. The molecule has 0 aliphatic carbocycles. The fourth-order valence-electron chi connectivity index (χ4n) is 2.41. The monoisotopic (exact) mass is 379 g/mol. The van der Waals surface area contributed by atoms with Crippen molar-refractivity contribution in [2.24, 2.45) is 0 Å². The molecule has 0 atom stereocenters. The highest BCUT2D eigenvalue weighted by Crippen LogP contribution is 2.06. The Labute approximate surface area is 164 Å². The number of hydrogen-bond acceptors (Lipinski definition) is 3. The highest BCUT2D eigenvalue weighted by Gasteiger charge is 2.19. The lowest BCUT2D eigenvalue weighted by molar-refractivity contribution is 0.682.